The van der Waals surface area contributed by atoms with Crippen LogP contribution in [0.2, 0.25) is 0 Å². The van der Waals surface area contributed by atoms with E-state index in [9.17, 15) is 13.7 Å². The van der Waals surface area contributed by atoms with Crippen LogP contribution in [-0.2, 0) is 5.41 Å². The predicted molar refractivity (Wildman–Crippen MR) is 397 cm³/mol. The van der Waals surface area contributed by atoms with Gasteiger partial charge in [0.05, 0.1) is 73.5 Å². The van der Waals surface area contributed by atoms with Crippen molar-refractivity contribution in [3.63, 3.8) is 0 Å². The van der Waals surface area contributed by atoms with Crippen molar-refractivity contribution in [2.45, 2.75) is 26.2 Å². The van der Waals surface area contributed by atoms with E-state index in [0.29, 0.717) is 22.3 Å². The average molecular weight is 1200 g/mol. The third-order valence-corrected chi connectivity index (χ3v) is 19.8. The molecule has 0 bridgehead atoms. The Labute approximate surface area is 556 Å². The van der Waals surface area contributed by atoms with Gasteiger partial charge in [0.15, 0.2) is 0 Å². The molecule has 2 aliphatic heterocycles. The lowest BCUT2D eigenvalue weighted by molar-refractivity contribution is 0.591. The topological polar surface area (TPSA) is 17.5 Å². The maximum atomic E-state index is 9.81. The summed E-state index contributed by atoms with van der Waals surface area (Å²) < 4.78 is 128. The molecule has 6 heterocycles. The maximum Gasteiger partial charge on any atom is 0.252 e. The first-order valence-electron chi connectivity index (χ1n) is 38.1. The summed E-state index contributed by atoms with van der Waals surface area (Å²) >= 11 is 0. The van der Waals surface area contributed by atoms with Crippen LogP contribution in [0, 0.1) is 0 Å². The van der Waals surface area contributed by atoms with E-state index in [1.54, 1.807) is 4.57 Å². The Balaban J connectivity index is 1.07. The number of nitrogens with zero attached hydrogens (tertiary/aromatic N) is 4. The van der Waals surface area contributed by atoms with E-state index < -0.39 is 73.2 Å². The zero-order valence-corrected chi connectivity index (χ0v) is 50.7. The molecule has 0 unspecified atom stereocenters. The molecule has 14 aromatic carbocycles. The first kappa shape index (κ1) is 40.9. The van der Waals surface area contributed by atoms with Gasteiger partial charge in [0.2, 0.25) is 0 Å². The summed E-state index contributed by atoms with van der Waals surface area (Å²) in [6.45, 7) is 6.02. The van der Waals surface area contributed by atoms with Crippen LogP contribution in [0.5, 0.6) is 0 Å². The summed E-state index contributed by atoms with van der Waals surface area (Å²) in [5, 5.41) is 9.44. The van der Waals surface area contributed by atoms with E-state index in [1.807, 2.05) is 48.5 Å². The predicted octanol–water partition coefficient (Wildman–Crippen LogP) is 21.4. The molecule has 0 aliphatic carbocycles. The number of fused-ring (bicyclic) bond motifs is 21. The van der Waals surface area contributed by atoms with E-state index in [1.165, 1.54) is 0 Å². The molecule has 93 heavy (non-hydrogen) atoms. The van der Waals surface area contributed by atoms with Gasteiger partial charge in [0.1, 0.15) is 0 Å². The van der Waals surface area contributed by atoms with Crippen LogP contribution < -0.4 is 21.3 Å². The summed E-state index contributed by atoms with van der Waals surface area (Å²) in [6, 6.07) is 72.5. The second kappa shape index (κ2) is 19.4. The second-order valence-electron chi connectivity index (χ2n) is 25.7. The highest BCUT2D eigenvalue weighted by molar-refractivity contribution is 7.00. The SMILES string of the molecule is [2H]c1c([2H])c([2H])c(-c2ccc3c(c2)N(c2c(-c4ccccc4)cc(C(C)(C)C)cc2-c2ccccc2)c2c4c(cc5c2c2cccc6c7ccccc7c7ccccc7c7ccccc7n5c62)-n2c5ccccc5c5c(-n6c7c([2H])c([2H])c([2H])c([2H])c7c7c([2H])c([2H])c([2H])c([2H])c76)ccc(c52)B34)c([2H])c1[2H]. The molecule has 5 heteroatoms. The van der Waals surface area contributed by atoms with Gasteiger partial charge >= 0.3 is 0 Å². The number of benzene rings is 14. The first-order chi connectivity index (χ1) is 51.2. The number of anilines is 3. The number of hydrogen-bond donors (Lipinski definition) is 0. The molecular formula is C88H59BN4. The Morgan fingerprint density at radius 3 is 1.52 bits per heavy atom. The van der Waals surface area contributed by atoms with Gasteiger partial charge in [-0.15, -0.1) is 0 Å². The number of para-hydroxylation sites is 5. The lowest BCUT2D eigenvalue weighted by atomic mass is 9.33. The molecule has 0 fully saturated rings. The minimum absolute atomic E-state index is 0.000389. The minimum atomic E-state index is -0.676. The molecule has 4 aromatic heterocycles. The lowest BCUT2D eigenvalue weighted by Gasteiger charge is -2.43. The zero-order valence-electron chi connectivity index (χ0n) is 63.7. The van der Waals surface area contributed by atoms with Crippen LogP contribution in [-0.4, -0.2) is 20.2 Å². The van der Waals surface area contributed by atoms with Crippen molar-refractivity contribution in [3.8, 4) is 44.8 Å². The Morgan fingerprint density at radius 1 is 0.323 bits per heavy atom. The molecule has 0 amide bonds. The molecule has 0 saturated carbocycles. The standard InChI is InChI=1S/C88H59BN4/c1-88(2,3)58-51-69(55-28-9-5-10-29-55)85(70(52-58)56-30-11-6-12-31-56)93-78-50-57(54-26-7-4-8-27-54)46-47-71(78)89-72-48-49-77(90-73-42-21-18-37-64(73)65-38-19-22-43-74(65)90)81-67-39-20-24-45-76(67)92(86(72)81)80-53-79-82(87(93)83(80)89)68-41-25-40-66-62-35-16-14-33-60(62)59-32-13-15-34-61(59)63-36-17-23-44-75(63)91(79)84(66)68/h4-53H,1-3H3/i4D,7D,8D,18D,19D,21D,22D,26D,27D,37D,38D,42D,43D. The Morgan fingerprint density at radius 2 is 0.860 bits per heavy atom. The highest BCUT2D eigenvalue weighted by Gasteiger charge is 2.46. The van der Waals surface area contributed by atoms with Crippen LogP contribution in [0.1, 0.15) is 44.2 Å². The Hall–Kier alpha value is -11.7. The fourth-order valence-corrected chi connectivity index (χ4v) is 16.0. The van der Waals surface area contributed by atoms with Crippen LogP contribution in [0.4, 0.5) is 17.1 Å². The normalized spacial score (nSPS) is 14.8. The van der Waals surface area contributed by atoms with Gasteiger partial charge in [-0.25, -0.2) is 0 Å². The van der Waals surface area contributed by atoms with E-state index >= 15 is 0 Å². The molecule has 0 N–H and O–H groups in total. The van der Waals surface area contributed by atoms with E-state index in [0.717, 1.165) is 137 Å². The average Bonchev–Trinajstić information content (AvgIpc) is 1.42. The van der Waals surface area contributed by atoms with Crippen LogP contribution in [0.25, 0.3) is 148 Å². The molecule has 0 atom stereocenters. The highest BCUT2D eigenvalue weighted by atomic mass is 15.2. The van der Waals surface area contributed by atoms with Gasteiger partial charge in [-0.2, -0.15) is 0 Å². The highest BCUT2D eigenvalue weighted by Crippen LogP contribution is 2.55. The summed E-state index contributed by atoms with van der Waals surface area (Å²) in [7, 11) is 0. The lowest BCUT2D eigenvalue weighted by Crippen LogP contribution is -2.60. The third kappa shape index (κ3) is 7.28. The largest absolute Gasteiger partial charge is 0.310 e. The summed E-state index contributed by atoms with van der Waals surface area (Å²) in [5.41, 5.74) is 15.3. The van der Waals surface area contributed by atoms with Gasteiger partial charge in [-0.3, -0.25) is 0 Å². The summed E-state index contributed by atoms with van der Waals surface area (Å²) in [5.74, 6) is 0. The summed E-state index contributed by atoms with van der Waals surface area (Å²) in [6.07, 6.45) is 0. The molecule has 18 aromatic rings. The van der Waals surface area contributed by atoms with Crippen molar-refractivity contribution in [1.82, 2.24) is 13.5 Å². The Bertz CT molecular complexity index is 6950. The molecular weight excluding hydrogens is 1120 g/mol. The van der Waals surface area contributed by atoms with Crippen LogP contribution >= 0.6 is 0 Å². The number of rotatable bonds is 5. The van der Waals surface area contributed by atoms with Crippen LogP contribution in [0.3, 0.4) is 0 Å². The van der Waals surface area contributed by atoms with Gasteiger partial charge in [0.25, 0.3) is 6.71 Å². The minimum Gasteiger partial charge on any atom is -0.310 e. The quantitative estimate of drug-likeness (QED) is 0.157. The van der Waals surface area contributed by atoms with E-state index in [2.05, 4.69) is 211 Å². The fraction of sp³-hybridized carbons (Fsp3) is 0.0455. The molecule has 434 valence electrons. The monoisotopic (exact) mass is 1200 g/mol. The van der Waals surface area contributed by atoms with E-state index in [4.69, 9.17) is 4.11 Å². The molecule has 0 spiro atoms. The maximum absolute atomic E-state index is 9.81. The first-order valence-corrected chi connectivity index (χ1v) is 31.6. The van der Waals surface area contributed by atoms with Crippen molar-refractivity contribution >= 4 is 143 Å². The van der Waals surface area contributed by atoms with Crippen molar-refractivity contribution < 1.29 is 17.8 Å². The molecule has 0 saturated heterocycles. The van der Waals surface area contributed by atoms with Crippen molar-refractivity contribution in [3.05, 3.63) is 309 Å². The van der Waals surface area contributed by atoms with Gasteiger partial charge in [-0.05, 0) is 126 Å². The molecule has 4 nitrogen and oxygen atoms in total. The molecule has 20 rings (SSSR count). The van der Waals surface area contributed by atoms with Gasteiger partial charge < -0.3 is 18.4 Å². The fourth-order valence-electron chi connectivity index (χ4n) is 16.0. The second-order valence-corrected chi connectivity index (χ2v) is 25.7. The zero-order chi connectivity index (χ0) is 72.7. The Kier molecular flexibility index (Phi) is 8.54. The van der Waals surface area contributed by atoms with Crippen molar-refractivity contribution in [2.75, 3.05) is 4.90 Å². The van der Waals surface area contributed by atoms with Crippen molar-refractivity contribution in [1.29, 1.82) is 0 Å². The van der Waals surface area contributed by atoms with Gasteiger partial charge in [0, 0.05) is 65.6 Å². The van der Waals surface area contributed by atoms with Crippen molar-refractivity contribution in [2.24, 2.45) is 0 Å². The molecule has 0 radical (unpaired) electrons. The summed E-state index contributed by atoms with van der Waals surface area (Å²) in [4.78, 5) is 2.43. The number of hydrogen-bond acceptors (Lipinski definition) is 1. The smallest absolute Gasteiger partial charge is 0.252 e. The van der Waals surface area contributed by atoms with Crippen LogP contribution in [0.15, 0.2) is 303 Å². The van der Waals surface area contributed by atoms with E-state index in [-0.39, 0.29) is 44.9 Å². The van der Waals surface area contributed by atoms with Gasteiger partial charge in [-0.1, -0.05) is 269 Å². The molecule has 2 aliphatic rings. The number of aromatic nitrogens is 3. The third-order valence-electron chi connectivity index (χ3n) is 19.8.